The zero-order valence-electron chi connectivity index (χ0n) is 10.1. The monoisotopic (exact) mass is 245 g/mol. The van der Waals surface area contributed by atoms with Gasteiger partial charge in [-0.3, -0.25) is 4.79 Å². The summed E-state index contributed by atoms with van der Waals surface area (Å²) in [6.07, 6.45) is 0. The third-order valence-electron chi connectivity index (χ3n) is 2.62. The molecule has 5 heteroatoms. The van der Waals surface area contributed by atoms with Gasteiger partial charge in [0.25, 0.3) is 0 Å². The van der Waals surface area contributed by atoms with Gasteiger partial charge in [0, 0.05) is 5.70 Å². The summed E-state index contributed by atoms with van der Waals surface area (Å²) in [7, 11) is 0. The van der Waals surface area contributed by atoms with E-state index in [0.717, 1.165) is 5.69 Å². The number of nitrogens with zero attached hydrogens (tertiary/aromatic N) is 1. The van der Waals surface area contributed by atoms with Crippen LogP contribution >= 0.6 is 0 Å². The fourth-order valence-corrected chi connectivity index (χ4v) is 1.79. The van der Waals surface area contributed by atoms with E-state index in [1.807, 2.05) is 24.3 Å². The van der Waals surface area contributed by atoms with Gasteiger partial charge in [-0.2, -0.15) is 0 Å². The molecule has 1 aromatic rings. The van der Waals surface area contributed by atoms with Gasteiger partial charge in [0.1, 0.15) is 5.84 Å². The summed E-state index contributed by atoms with van der Waals surface area (Å²) in [5, 5.41) is 3.05. The molecule has 1 heterocycles. The number of para-hydroxylation sites is 2. The molecule has 1 aromatic carbocycles. The number of anilines is 1. The Morgan fingerprint density at radius 2 is 2.28 bits per heavy atom. The van der Waals surface area contributed by atoms with Gasteiger partial charge in [0.15, 0.2) is 5.92 Å². The zero-order valence-corrected chi connectivity index (χ0v) is 10.1. The van der Waals surface area contributed by atoms with E-state index >= 15 is 0 Å². The van der Waals surface area contributed by atoms with E-state index in [1.165, 1.54) is 0 Å². The van der Waals surface area contributed by atoms with Gasteiger partial charge in [-0.25, -0.2) is 4.99 Å². The number of nitrogens with two attached hydrogens (primary N) is 1. The molecule has 0 saturated carbocycles. The topological polar surface area (TPSA) is 76.7 Å². The highest BCUT2D eigenvalue weighted by molar-refractivity contribution is 6.06. The number of hydrogen-bond acceptors (Lipinski definition) is 5. The van der Waals surface area contributed by atoms with E-state index in [4.69, 9.17) is 10.5 Å². The van der Waals surface area contributed by atoms with E-state index in [-0.39, 0.29) is 5.84 Å². The Labute approximate surface area is 105 Å². The van der Waals surface area contributed by atoms with Gasteiger partial charge in [0.05, 0.1) is 18.0 Å². The Morgan fingerprint density at radius 3 is 3.00 bits per heavy atom. The molecule has 0 radical (unpaired) electrons. The molecule has 18 heavy (non-hydrogen) atoms. The predicted octanol–water partition coefficient (Wildman–Crippen LogP) is 1.79. The molecular weight excluding hydrogens is 230 g/mol. The zero-order chi connectivity index (χ0) is 13.1. The maximum atomic E-state index is 11.8. The highest BCUT2D eigenvalue weighted by Crippen LogP contribution is 2.30. The van der Waals surface area contributed by atoms with Gasteiger partial charge in [-0.15, -0.1) is 0 Å². The maximum absolute atomic E-state index is 11.8. The molecule has 0 fully saturated rings. The highest BCUT2D eigenvalue weighted by Gasteiger charge is 2.29. The lowest BCUT2D eigenvalue weighted by Crippen LogP contribution is -2.34. The molecular formula is C13H15N3O2. The van der Waals surface area contributed by atoms with E-state index in [1.54, 1.807) is 6.92 Å². The SMILES string of the molecule is C=C1Nc2ccccc2N=C(N)[C@H]1C(=O)OCC. The summed E-state index contributed by atoms with van der Waals surface area (Å²) < 4.78 is 4.98. The molecule has 2 rings (SSSR count). The smallest absolute Gasteiger partial charge is 0.322 e. The third kappa shape index (κ3) is 2.20. The van der Waals surface area contributed by atoms with Crippen LogP contribution in [0.4, 0.5) is 11.4 Å². The lowest BCUT2D eigenvalue weighted by Gasteiger charge is -2.16. The molecule has 94 valence electrons. The Balaban J connectivity index is 2.38. The van der Waals surface area contributed by atoms with Gasteiger partial charge in [-0.05, 0) is 19.1 Å². The molecule has 0 saturated heterocycles. The first-order valence-corrected chi connectivity index (χ1v) is 5.69. The Bertz CT molecular complexity index is 523. The van der Waals surface area contributed by atoms with Crippen molar-refractivity contribution in [1.29, 1.82) is 0 Å². The normalized spacial score (nSPS) is 18.2. The van der Waals surface area contributed by atoms with Crippen molar-refractivity contribution in [3.05, 3.63) is 36.5 Å². The van der Waals surface area contributed by atoms with Crippen molar-refractivity contribution in [3.8, 4) is 0 Å². The number of benzene rings is 1. The first kappa shape index (κ1) is 12.2. The number of fused-ring (bicyclic) bond motifs is 1. The van der Waals surface area contributed by atoms with E-state index < -0.39 is 11.9 Å². The molecule has 0 bridgehead atoms. The number of carbonyl (C=O) groups excluding carboxylic acids is 1. The predicted molar refractivity (Wildman–Crippen MR) is 70.6 cm³/mol. The van der Waals surface area contributed by atoms with Crippen LogP contribution in [0.25, 0.3) is 0 Å². The average Bonchev–Trinajstić information content (AvgIpc) is 2.44. The van der Waals surface area contributed by atoms with Gasteiger partial charge in [-0.1, -0.05) is 18.7 Å². The van der Waals surface area contributed by atoms with Gasteiger partial charge in [0.2, 0.25) is 0 Å². The lowest BCUT2D eigenvalue weighted by molar-refractivity contribution is -0.144. The molecule has 0 unspecified atom stereocenters. The molecule has 0 spiro atoms. The minimum Gasteiger partial charge on any atom is -0.465 e. The van der Waals surface area contributed by atoms with Crippen LogP contribution in [0.3, 0.4) is 0 Å². The molecule has 1 aliphatic rings. The van der Waals surface area contributed by atoms with Crippen LogP contribution in [0, 0.1) is 5.92 Å². The summed E-state index contributed by atoms with van der Waals surface area (Å²) in [5.74, 6) is -1.00. The second-order valence-electron chi connectivity index (χ2n) is 3.89. The second-order valence-corrected chi connectivity index (χ2v) is 3.89. The molecule has 3 N–H and O–H groups in total. The number of carbonyl (C=O) groups is 1. The summed E-state index contributed by atoms with van der Waals surface area (Å²) >= 11 is 0. The number of hydrogen-bond donors (Lipinski definition) is 2. The largest absolute Gasteiger partial charge is 0.465 e. The van der Waals surface area contributed by atoms with Crippen molar-refractivity contribution in [2.75, 3.05) is 11.9 Å². The third-order valence-corrected chi connectivity index (χ3v) is 2.62. The molecule has 0 amide bonds. The number of esters is 1. The van der Waals surface area contributed by atoms with Crippen LogP contribution in [0.15, 0.2) is 41.5 Å². The van der Waals surface area contributed by atoms with Crippen molar-refractivity contribution in [2.45, 2.75) is 6.92 Å². The van der Waals surface area contributed by atoms with Crippen LogP contribution in [-0.4, -0.2) is 18.4 Å². The van der Waals surface area contributed by atoms with Crippen molar-refractivity contribution < 1.29 is 9.53 Å². The molecule has 5 nitrogen and oxygen atoms in total. The minimum atomic E-state index is -0.752. The van der Waals surface area contributed by atoms with Crippen LogP contribution in [-0.2, 0) is 9.53 Å². The summed E-state index contributed by atoms with van der Waals surface area (Å²) in [6, 6.07) is 7.39. The van der Waals surface area contributed by atoms with Gasteiger partial charge >= 0.3 is 5.97 Å². The average molecular weight is 245 g/mol. The van der Waals surface area contributed by atoms with Crippen LogP contribution in [0.5, 0.6) is 0 Å². The fourth-order valence-electron chi connectivity index (χ4n) is 1.79. The van der Waals surface area contributed by atoms with Crippen molar-refractivity contribution in [2.24, 2.45) is 16.6 Å². The quantitative estimate of drug-likeness (QED) is 0.779. The molecule has 1 aliphatic heterocycles. The molecule has 0 aliphatic carbocycles. The van der Waals surface area contributed by atoms with Crippen molar-refractivity contribution in [3.63, 3.8) is 0 Å². The molecule has 0 aromatic heterocycles. The lowest BCUT2D eigenvalue weighted by atomic mass is 10.1. The van der Waals surface area contributed by atoms with Gasteiger partial charge < -0.3 is 15.8 Å². The Kier molecular flexibility index (Phi) is 3.32. The Hall–Kier alpha value is -2.30. The summed E-state index contributed by atoms with van der Waals surface area (Å²) in [6.45, 7) is 5.87. The fraction of sp³-hybridized carbons (Fsp3) is 0.231. The van der Waals surface area contributed by atoms with E-state index in [2.05, 4.69) is 16.9 Å². The Morgan fingerprint density at radius 1 is 1.56 bits per heavy atom. The maximum Gasteiger partial charge on any atom is 0.322 e. The minimum absolute atomic E-state index is 0.191. The van der Waals surface area contributed by atoms with Crippen LogP contribution in [0.2, 0.25) is 0 Å². The number of aliphatic imine (C=N–C) groups is 1. The van der Waals surface area contributed by atoms with Crippen molar-refractivity contribution >= 4 is 23.2 Å². The first-order chi connectivity index (χ1) is 8.63. The highest BCUT2D eigenvalue weighted by atomic mass is 16.5. The van der Waals surface area contributed by atoms with Crippen LogP contribution in [0.1, 0.15) is 6.92 Å². The second kappa shape index (κ2) is 4.91. The van der Waals surface area contributed by atoms with E-state index in [9.17, 15) is 4.79 Å². The van der Waals surface area contributed by atoms with Crippen molar-refractivity contribution in [1.82, 2.24) is 0 Å². The standard InChI is InChI=1S/C13H15N3O2/c1-3-18-13(17)11-8(2)15-9-6-4-5-7-10(9)16-12(11)14/h4-7,11,15H,2-3H2,1H3,(H2,14,16)/t11-/m0/s1. The van der Waals surface area contributed by atoms with Crippen LogP contribution < -0.4 is 11.1 Å². The molecule has 1 atom stereocenters. The number of amidine groups is 1. The number of ether oxygens (including phenoxy) is 1. The van der Waals surface area contributed by atoms with E-state index in [0.29, 0.717) is 18.0 Å². The number of rotatable bonds is 2. The number of nitrogens with one attached hydrogen (secondary N) is 1. The first-order valence-electron chi connectivity index (χ1n) is 5.69. The summed E-state index contributed by atoms with van der Waals surface area (Å²) in [4.78, 5) is 16.1. The summed E-state index contributed by atoms with van der Waals surface area (Å²) in [5.41, 5.74) is 7.79.